The van der Waals surface area contributed by atoms with Crippen LogP contribution in [0.25, 0.3) is 0 Å². The van der Waals surface area contributed by atoms with Crippen LogP contribution in [0.2, 0.25) is 0 Å². The topological polar surface area (TPSA) is 73.1 Å². The molecule has 0 spiro atoms. The monoisotopic (exact) mass is 224 g/mol. The van der Waals surface area contributed by atoms with Crippen LogP contribution in [0, 0.1) is 0 Å². The van der Waals surface area contributed by atoms with Crippen LogP contribution >= 0.6 is 0 Å². The summed E-state index contributed by atoms with van der Waals surface area (Å²) in [5.74, 6) is 1.04. The highest BCUT2D eigenvalue weighted by molar-refractivity contribution is 5.67. The molecule has 0 aliphatic heterocycles. The highest BCUT2D eigenvalue weighted by Gasteiger charge is 2.19. The second-order valence-corrected chi connectivity index (χ2v) is 4.40. The third-order valence-electron chi connectivity index (χ3n) is 2.37. The lowest BCUT2D eigenvalue weighted by Crippen LogP contribution is -2.31. The quantitative estimate of drug-likeness (QED) is 0.800. The number of nitrogen functional groups attached to an aromatic ring is 1. The van der Waals surface area contributed by atoms with Gasteiger partial charge in [-0.2, -0.15) is 4.98 Å². The molecule has 0 aliphatic carbocycles. The molecule has 3 N–H and O–H groups in total. The summed E-state index contributed by atoms with van der Waals surface area (Å²) in [6, 6.07) is 0. The minimum Gasteiger partial charge on any atom is -0.479 e. The van der Waals surface area contributed by atoms with Crippen LogP contribution in [0.3, 0.4) is 0 Å². The molecule has 0 aliphatic rings. The highest BCUT2D eigenvalue weighted by Crippen LogP contribution is 2.27. The SMILES string of the molecule is CCCC(C)(C)Nc1ncnc(OC)c1N. The van der Waals surface area contributed by atoms with Gasteiger partial charge < -0.3 is 15.8 Å². The number of hydrogen-bond donors (Lipinski definition) is 2. The summed E-state index contributed by atoms with van der Waals surface area (Å²) in [4.78, 5) is 8.06. The van der Waals surface area contributed by atoms with Crippen molar-refractivity contribution in [1.29, 1.82) is 0 Å². The van der Waals surface area contributed by atoms with Gasteiger partial charge in [-0.05, 0) is 20.3 Å². The van der Waals surface area contributed by atoms with Crippen LogP contribution in [-0.2, 0) is 0 Å². The fourth-order valence-electron chi connectivity index (χ4n) is 1.65. The normalized spacial score (nSPS) is 11.2. The Morgan fingerprint density at radius 2 is 2.12 bits per heavy atom. The molecular weight excluding hydrogens is 204 g/mol. The Morgan fingerprint density at radius 3 is 2.69 bits per heavy atom. The summed E-state index contributed by atoms with van der Waals surface area (Å²) in [5, 5.41) is 3.31. The Hall–Kier alpha value is -1.52. The number of aromatic nitrogens is 2. The number of nitrogens with one attached hydrogen (secondary N) is 1. The third-order valence-corrected chi connectivity index (χ3v) is 2.37. The maximum absolute atomic E-state index is 5.88. The van der Waals surface area contributed by atoms with Gasteiger partial charge in [-0.3, -0.25) is 0 Å². The molecule has 1 rings (SSSR count). The molecule has 0 fully saturated rings. The molecule has 0 atom stereocenters. The lowest BCUT2D eigenvalue weighted by Gasteiger charge is -2.27. The molecule has 0 unspecified atom stereocenters. The van der Waals surface area contributed by atoms with E-state index in [0.717, 1.165) is 12.8 Å². The summed E-state index contributed by atoms with van der Waals surface area (Å²) in [6.45, 7) is 6.38. The highest BCUT2D eigenvalue weighted by atomic mass is 16.5. The van der Waals surface area contributed by atoms with E-state index in [1.165, 1.54) is 6.33 Å². The van der Waals surface area contributed by atoms with Crippen LogP contribution in [0.15, 0.2) is 6.33 Å². The molecule has 0 bridgehead atoms. The molecule has 0 radical (unpaired) electrons. The van der Waals surface area contributed by atoms with E-state index in [4.69, 9.17) is 10.5 Å². The van der Waals surface area contributed by atoms with Gasteiger partial charge in [-0.1, -0.05) is 13.3 Å². The van der Waals surface area contributed by atoms with Crippen molar-refractivity contribution in [3.05, 3.63) is 6.33 Å². The molecule has 1 aromatic rings. The van der Waals surface area contributed by atoms with E-state index in [1.807, 2.05) is 0 Å². The van der Waals surface area contributed by atoms with E-state index in [1.54, 1.807) is 7.11 Å². The van der Waals surface area contributed by atoms with Crippen molar-refractivity contribution in [3.63, 3.8) is 0 Å². The Morgan fingerprint density at radius 1 is 1.44 bits per heavy atom. The third kappa shape index (κ3) is 2.98. The lowest BCUT2D eigenvalue weighted by molar-refractivity contribution is 0.399. The average molecular weight is 224 g/mol. The van der Waals surface area contributed by atoms with Gasteiger partial charge in [-0.25, -0.2) is 4.98 Å². The molecular formula is C11H20N4O. The molecule has 5 nitrogen and oxygen atoms in total. The van der Waals surface area contributed by atoms with Crippen molar-refractivity contribution in [2.75, 3.05) is 18.2 Å². The number of hydrogen-bond acceptors (Lipinski definition) is 5. The maximum atomic E-state index is 5.88. The molecule has 0 saturated heterocycles. The Labute approximate surface area is 96.4 Å². The Bertz CT molecular complexity index is 352. The zero-order valence-corrected chi connectivity index (χ0v) is 10.4. The standard InChI is InChI=1S/C11H20N4O/c1-5-6-11(2,3)15-9-8(12)10(16-4)14-7-13-9/h7H,5-6,12H2,1-4H3,(H,13,14,15). The summed E-state index contributed by atoms with van der Waals surface area (Å²) >= 11 is 0. The minimum absolute atomic E-state index is 0.0394. The van der Waals surface area contributed by atoms with Crippen LogP contribution in [-0.4, -0.2) is 22.6 Å². The van der Waals surface area contributed by atoms with Crippen molar-refractivity contribution >= 4 is 11.5 Å². The van der Waals surface area contributed by atoms with E-state index >= 15 is 0 Å². The largest absolute Gasteiger partial charge is 0.479 e. The molecule has 1 aromatic heterocycles. The zero-order valence-electron chi connectivity index (χ0n) is 10.4. The van der Waals surface area contributed by atoms with Crippen molar-refractivity contribution in [2.24, 2.45) is 0 Å². The van der Waals surface area contributed by atoms with Gasteiger partial charge in [0.1, 0.15) is 12.0 Å². The number of methoxy groups -OCH3 is 1. The number of anilines is 2. The first-order valence-electron chi connectivity index (χ1n) is 5.43. The van der Waals surface area contributed by atoms with Gasteiger partial charge in [-0.15, -0.1) is 0 Å². The predicted octanol–water partition coefficient (Wildman–Crippen LogP) is 2.06. The number of ether oxygens (including phenoxy) is 1. The molecule has 1 heterocycles. The van der Waals surface area contributed by atoms with Crippen molar-refractivity contribution in [2.45, 2.75) is 39.2 Å². The Kier molecular flexibility index (Phi) is 3.93. The van der Waals surface area contributed by atoms with Crippen molar-refractivity contribution in [1.82, 2.24) is 9.97 Å². The van der Waals surface area contributed by atoms with Crippen LogP contribution in [0.1, 0.15) is 33.6 Å². The first-order valence-corrected chi connectivity index (χ1v) is 5.43. The van der Waals surface area contributed by atoms with Gasteiger partial charge in [0.05, 0.1) is 7.11 Å². The van der Waals surface area contributed by atoms with E-state index in [-0.39, 0.29) is 5.54 Å². The summed E-state index contributed by atoms with van der Waals surface area (Å²) < 4.78 is 5.04. The molecule has 5 heteroatoms. The predicted molar refractivity (Wildman–Crippen MR) is 65.6 cm³/mol. The van der Waals surface area contributed by atoms with Gasteiger partial charge in [0.15, 0.2) is 5.82 Å². The second kappa shape index (κ2) is 5.01. The molecule has 0 amide bonds. The Balaban J connectivity index is 2.89. The molecule has 0 saturated carbocycles. The van der Waals surface area contributed by atoms with E-state index in [2.05, 4.69) is 36.1 Å². The van der Waals surface area contributed by atoms with Gasteiger partial charge in [0.2, 0.25) is 5.88 Å². The van der Waals surface area contributed by atoms with E-state index in [0.29, 0.717) is 17.4 Å². The smallest absolute Gasteiger partial charge is 0.242 e. The zero-order chi connectivity index (χ0) is 12.2. The van der Waals surface area contributed by atoms with Gasteiger partial charge >= 0.3 is 0 Å². The van der Waals surface area contributed by atoms with Gasteiger partial charge in [0, 0.05) is 5.54 Å². The van der Waals surface area contributed by atoms with E-state index < -0.39 is 0 Å². The van der Waals surface area contributed by atoms with E-state index in [9.17, 15) is 0 Å². The summed E-state index contributed by atoms with van der Waals surface area (Å²) in [6.07, 6.45) is 3.58. The summed E-state index contributed by atoms with van der Waals surface area (Å²) in [5.41, 5.74) is 6.30. The summed E-state index contributed by atoms with van der Waals surface area (Å²) in [7, 11) is 1.54. The molecule has 90 valence electrons. The number of nitrogens with two attached hydrogens (primary N) is 1. The molecule has 16 heavy (non-hydrogen) atoms. The van der Waals surface area contributed by atoms with Crippen molar-refractivity contribution < 1.29 is 4.74 Å². The van der Waals surface area contributed by atoms with Crippen LogP contribution in [0.4, 0.5) is 11.5 Å². The van der Waals surface area contributed by atoms with Gasteiger partial charge in [0.25, 0.3) is 0 Å². The maximum Gasteiger partial charge on any atom is 0.242 e. The number of rotatable bonds is 5. The lowest BCUT2D eigenvalue weighted by atomic mass is 9.99. The fourth-order valence-corrected chi connectivity index (χ4v) is 1.65. The van der Waals surface area contributed by atoms with Crippen LogP contribution < -0.4 is 15.8 Å². The fraction of sp³-hybridized carbons (Fsp3) is 0.636. The average Bonchev–Trinajstić information content (AvgIpc) is 2.21. The first kappa shape index (κ1) is 12.5. The first-order chi connectivity index (χ1) is 7.50. The second-order valence-electron chi connectivity index (χ2n) is 4.40. The van der Waals surface area contributed by atoms with Crippen molar-refractivity contribution in [3.8, 4) is 5.88 Å². The minimum atomic E-state index is -0.0394. The number of nitrogens with zero attached hydrogens (tertiary/aromatic N) is 2. The van der Waals surface area contributed by atoms with Crippen LogP contribution in [0.5, 0.6) is 5.88 Å². The molecule has 0 aromatic carbocycles.